The predicted octanol–water partition coefficient (Wildman–Crippen LogP) is -1.49. The number of carboxylic acids is 1. The van der Waals surface area contributed by atoms with Gasteiger partial charge >= 0.3 is 12.0 Å². The number of aromatic nitrogens is 3. The van der Waals surface area contributed by atoms with Crippen LogP contribution in [0.15, 0.2) is 6.20 Å². The van der Waals surface area contributed by atoms with Gasteiger partial charge in [-0.2, -0.15) is 0 Å². The largest absolute Gasteiger partial charge is 0.476 e. The predicted molar refractivity (Wildman–Crippen MR) is 69.6 cm³/mol. The highest BCUT2D eigenvalue weighted by Crippen LogP contribution is 2.07. The Balaban J connectivity index is 1.71. The average Bonchev–Trinajstić information content (AvgIpc) is 3.01. The van der Waals surface area contributed by atoms with Crippen LogP contribution in [0.1, 0.15) is 16.9 Å². The fraction of sp³-hybridized carbons (Fsp3) is 0.545. The summed E-state index contributed by atoms with van der Waals surface area (Å²) < 4.78 is 1.32. The van der Waals surface area contributed by atoms with Crippen LogP contribution in [-0.2, 0) is 11.3 Å². The van der Waals surface area contributed by atoms with E-state index < -0.39 is 18.0 Å². The molecule has 21 heavy (non-hydrogen) atoms. The average molecular weight is 296 g/mol. The second-order valence-electron chi connectivity index (χ2n) is 4.67. The van der Waals surface area contributed by atoms with Crippen molar-refractivity contribution in [1.82, 2.24) is 30.5 Å². The summed E-state index contributed by atoms with van der Waals surface area (Å²) in [7, 11) is 1.69. The summed E-state index contributed by atoms with van der Waals surface area (Å²) in [5.41, 5.74) is -0.154. The molecule has 1 aliphatic rings. The van der Waals surface area contributed by atoms with Gasteiger partial charge in [-0.25, -0.2) is 14.3 Å². The number of hydrogen-bond acceptors (Lipinski definition) is 5. The third kappa shape index (κ3) is 3.68. The zero-order valence-corrected chi connectivity index (χ0v) is 11.4. The zero-order valence-electron chi connectivity index (χ0n) is 11.4. The number of aromatic carboxylic acids is 1. The maximum absolute atomic E-state index is 11.6. The number of hydrogen-bond donors (Lipinski definition) is 3. The van der Waals surface area contributed by atoms with Crippen LogP contribution in [0, 0.1) is 0 Å². The molecule has 1 fully saturated rings. The fourth-order valence-corrected chi connectivity index (χ4v) is 1.96. The molecule has 0 aromatic carbocycles. The number of likely N-dealkylation sites (N-methyl/N-ethyl adjacent to an activating group) is 1. The van der Waals surface area contributed by atoms with Crippen LogP contribution in [0.2, 0.25) is 0 Å². The molecule has 10 nitrogen and oxygen atoms in total. The van der Waals surface area contributed by atoms with E-state index in [1.54, 1.807) is 11.9 Å². The van der Waals surface area contributed by atoms with Gasteiger partial charge in [0.1, 0.15) is 6.04 Å². The number of carbonyl (C=O) groups is 3. The highest BCUT2D eigenvalue weighted by molar-refractivity contribution is 5.88. The molecule has 0 aliphatic carbocycles. The second-order valence-corrected chi connectivity index (χ2v) is 4.67. The van der Waals surface area contributed by atoms with E-state index in [2.05, 4.69) is 20.9 Å². The Morgan fingerprint density at radius 2 is 2.29 bits per heavy atom. The Morgan fingerprint density at radius 1 is 1.52 bits per heavy atom. The van der Waals surface area contributed by atoms with Gasteiger partial charge < -0.3 is 20.6 Å². The van der Waals surface area contributed by atoms with Crippen molar-refractivity contribution in [2.24, 2.45) is 0 Å². The molecule has 1 saturated heterocycles. The molecular formula is C11H16N6O4. The molecule has 1 aromatic heterocycles. The van der Waals surface area contributed by atoms with Crippen LogP contribution in [0.5, 0.6) is 0 Å². The molecular weight excluding hydrogens is 280 g/mol. The van der Waals surface area contributed by atoms with Gasteiger partial charge in [0.15, 0.2) is 5.69 Å². The molecule has 0 bridgehead atoms. The second kappa shape index (κ2) is 6.20. The highest BCUT2D eigenvalue weighted by Gasteiger charge is 2.29. The monoisotopic (exact) mass is 296 g/mol. The van der Waals surface area contributed by atoms with E-state index >= 15 is 0 Å². The van der Waals surface area contributed by atoms with Crippen molar-refractivity contribution >= 4 is 17.9 Å². The van der Waals surface area contributed by atoms with Crippen molar-refractivity contribution in [2.45, 2.75) is 19.0 Å². The van der Waals surface area contributed by atoms with E-state index in [-0.39, 0.29) is 24.7 Å². The first kappa shape index (κ1) is 14.8. The standard InChI is InChI=1S/C11H16N6O4/c1-16-4-2-7(9(16)18)13-11(21)12-3-5-17-6-8(10(19)20)14-15-17/h6-7H,2-5H2,1H3,(H,19,20)(H2,12,13,21). The van der Waals surface area contributed by atoms with Crippen LogP contribution in [0.4, 0.5) is 4.79 Å². The normalized spacial score (nSPS) is 17.9. The first-order valence-electron chi connectivity index (χ1n) is 6.40. The number of urea groups is 1. The van der Waals surface area contributed by atoms with Crippen molar-refractivity contribution in [3.05, 3.63) is 11.9 Å². The molecule has 0 saturated carbocycles. The van der Waals surface area contributed by atoms with Crippen molar-refractivity contribution in [3.63, 3.8) is 0 Å². The van der Waals surface area contributed by atoms with Gasteiger partial charge in [0.2, 0.25) is 5.91 Å². The van der Waals surface area contributed by atoms with Crippen molar-refractivity contribution in [2.75, 3.05) is 20.1 Å². The lowest BCUT2D eigenvalue weighted by molar-refractivity contribution is -0.128. The molecule has 114 valence electrons. The third-order valence-electron chi connectivity index (χ3n) is 3.12. The number of nitrogens with one attached hydrogen (secondary N) is 2. The molecule has 1 aliphatic heterocycles. The minimum Gasteiger partial charge on any atom is -0.476 e. The molecule has 2 rings (SSSR count). The lowest BCUT2D eigenvalue weighted by atomic mass is 10.2. The first-order valence-corrected chi connectivity index (χ1v) is 6.40. The number of rotatable bonds is 5. The van der Waals surface area contributed by atoms with Crippen molar-refractivity contribution in [1.29, 1.82) is 0 Å². The van der Waals surface area contributed by atoms with E-state index in [9.17, 15) is 14.4 Å². The van der Waals surface area contributed by atoms with E-state index in [0.717, 1.165) is 0 Å². The van der Waals surface area contributed by atoms with Crippen LogP contribution >= 0.6 is 0 Å². The third-order valence-corrected chi connectivity index (χ3v) is 3.12. The zero-order chi connectivity index (χ0) is 15.4. The molecule has 2 heterocycles. The summed E-state index contributed by atoms with van der Waals surface area (Å²) >= 11 is 0. The lowest BCUT2D eigenvalue weighted by Gasteiger charge is -2.12. The number of likely N-dealkylation sites (tertiary alicyclic amines) is 1. The number of nitrogens with zero attached hydrogens (tertiary/aromatic N) is 4. The van der Waals surface area contributed by atoms with Gasteiger partial charge in [-0.1, -0.05) is 5.21 Å². The highest BCUT2D eigenvalue weighted by atomic mass is 16.4. The lowest BCUT2D eigenvalue weighted by Crippen LogP contribution is -2.46. The van der Waals surface area contributed by atoms with Crippen molar-refractivity contribution in [3.8, 4) is 0 Å². The van der Waals surface area contributed by atoms with Gasteiger partial charge in [-0.3, -0.25) is 4.79 Å². The van der Waals surface area contributed by atoms with E-state index in [1.807, 2.05) is 0 Å². The van der Waals surface area contributed by atoms with Gasteiger partial charge in [-0.15, -0.1) is 5.10 Å². The minimum absolute atomic E-state index is 0.104. The minimum atomic E-state index is -1.16. The maximum atomic E-state index is 11.6. The number of carbonyl (C=O) groups excluding carboxylic acids is 2. The van der Waals surface area contributed by atoms with Gasteiger partial charge in [-0.05, 0) is 6.42 Å². The molecule has 0 radical (unpaired) electrons. The van der Waals surface area contributed by atoms with E-state index in [4.69, 9.17) is 5.11 Å². The van der Waals surface area contributed by atoms with Gasteiger partial charge in [0.05, 0.1) is 12.7 Å². The molecule has 3 N–H and O–H groups in total. The summed E-state index contributed by atoms with van der Waals surface area (Å²) in [6, 6.07) is -0.929. The summed E-state index contributed by atoms with van der Waals surface area (Å²) in [4.78, 5) is 35.4. The van der Waals surface area contributed by atoms with Gasteiger partial charge in [0, 0.05) is 20.1 Å². The number of amides is 3. The molecule has 1 atom stereocenters. The van der Waals surface area contributed by atoms with Crippen LogP contribution < -0.4 is 10.6 Å². The molecule has 3 amide bonds. The smallest absolute Gasteiger partial charge is 0.358 e. The molecule has 0 spiro atoms. The van der Waals surface area contributed by atoms with Crippen molar-refractivity contribution < 1.29 is 19.5 Å². The summed E-state index contributed by atoms with van der Waals surface area (Å²) in [6.45, 7) is 1.15. The Bertz CT molecular complexity index is 557. The number of carboxylic acid groups (broad SMARTS) is 1. The van der Waals surface area contributed by atoms with Crippen LogP contribution in [-0.4, -0.2) is 69.1 Å². The molecule has 1 unspecified atom stereocenters. The SMILES string of the molecule is CN1CCC(NC(=O)NCCn2cc(C(=O)O)nn2)C1=O. The quantitative estimate of drug-likeness (QED) is 0.607. The molecule has 1 aromatic rings. The topological polar surface area (TPSA) is 129 Å². The van der Waals surface area contributed by atoms with E-state index in [0.29, 0.717) is 13.0 Å². The Labute approximate surface area is 120 Å². The van der Waals surface area contributed by atoms with E-state index in [1.165, 1.54) is 10.9 Å². The summed E-state index contributed by atoms with van der Waals surface area (Å²) in [5, 5.41) is 20.9. The Kier molecular flexibility index (Phi) is 4.36. The van der Waals surface area contributed by atoms with Crippen LogP contribution in [0.3, 0.4) is 0 Å². The Morgan fingerprint density at radius 3 is 2.86 bits per heavy atom. The maximum Gasteiger partial charge on any atom is 0.358 e. The van der Waals surface area contributed by atoms with Crippen LogP contribution in [0.25, 0.3) is 0 Å². The van der Waals surface area contributed by atoms with Gasteiger partial charge in [0.25, 0.3) is 0 Å². The first-order chi connectivity index (χ1) is 9.97. The summed E-state index contributed by atoms with van der Waals surface area (Å²) in [5.74, 6) is -1.26. The summed E-state index contributed by atoms with van der Waals surface area (Å²) in [6.07, 6.45) is 1.87. The fourth-order valence-electron chi connectivity index (χ4n) is 1.96. The molecule has 10 heteroatoms. The Hall–Kier alpha value is -2.65.